The van der Waals surface area contributed by atoms with Crippen LogP contribution in [0.2, 0.25) is 0 Å². The van der Waals surface area contributed by atoms with E-state index in [9.17, 15) is 9.18 Å². The molecule has 0 saturated heterocycles. The molecule has 0 aromatic heterocycles. The SMILES string of the molecule is COc1cc(OC)cc(C(=O)Nc2ccc(NCCc3ccccc3F)cc2)c1. The molecule has 1 amide bonds. The van der Waals surface area contributed by atoms with E-state index in [1.54, 1.807) is 42.5 Å². The smallest absolute Gasteiger partial charge is 0.255 e. The molecule has 0 saturated carbocycles. The molecule has 0 heterocycles. The minimum atomic E-state index is -0.262. The predicted octanol–water partition coefficient (Wildman–Crippen LogP) is 4.75. The Bertz CT molecular complexity index is 952. The van der Waals surface area contributed by atoms with Crippen molar-refractivity contribution >= 4 is 17.3 Å². The summed E-state index contributed by atoms with van der Waals surface area (Å²) < 4.78 is 24.0. The molecule has 0 bridgehead atoms. The Kier molecular flexibility index (Phi) is 6.68. The first kappa shape index (κ1) is 20.2. The molecule has 0 unspecified atom stereocenters. The molecule has 0 aliphatic heterocycles. The molecule has 0 atom stereocenters. The van der Waals surface area contributed by atoms with Gasteiger partial charge in [0.2, 0.25) is 0 Å². The fourth-order valence-electron chi connectivity index (χ4n) is 2.86. The van der Waals surface area contributed by atoms with Crippen molar-refractivity contribution in [2.45, 2.75) is 6.42 Å². The van der Waals surface area contributed by atoms with Gasteiger partial charge in [0.25, 0.3) is 5.91 Å². The third-order valence-corrected chi connectivity index (χ3v) is 4.44. The number of benzene rings is 3. The van der Waals surface area contributed by atoms with Crippen LogP contribution in [0.5, 0.6) is 11.5 Å². The van der Waals surface area contributed by atoms with Crippen molar-refractivity contribution in [3.8, 4) is 11.5 Å². The van der Waals surface area contributed by atoms with E-state index in [0.29, 0.717) is 41.3 Å². The minimum absolute atomic E-state index is 0.193. The van der Waals surface area contributed by atoms with Crippen LogP contribution in [0.4, 0.5) is 15.8 Å². The van der Waals surface area contributed by atoms with E-state index in [0.717, 1.165) is 5.69 Å². The summed E-state index contributed by atoms with van der Waals surface area (Å²) in [5, 5.41) is 6.10. The maximum Gasteiger partial charge on any atom is 0.255 e. The first-order chi connectivity index (χ1) is 14.1. The van der Waals surface area contributed by atoms with Crippen molar-refractivity contribution in [3.63, 3.8) is 0 Å². The quantitative estimate of drug-likeness (QED) is 0.579. The Morgan fingerprint density at radius 3 is 2.14 bits per heavy atom. The largest absolute Gasteiger partial charge is 0.497 e. The number of carbonyl (C=O) groups excluding carboxylic acids is 1. The van der Waals surface area contributed by atoms with E-state index in [2.05, 4.69) is 10.6 Å². The van der Waals surface area contributed by atoms with Crippen LogP contribution in [-0.4, -0.2) is 26.7 Å². The van der Waals surface area contributed by atoms with Gasteiger partial charge in [0.05, 0.1) is 14.2 Å². The minimum Gasteiger partial charge on any atom is -0.497 e. The third kappa shape index (κ3) is 5.48. The van der Waals surface area contributed by atoms with E-state index in [-0.39, 0.29) is 11.7 Å². The summed E-state index contributed by atoms with van der Waals surface area (Å²) in [4.78, 5) is 12.5. The second-order valence-electron chi connectivity index (χ2n) is 6.40. The number of hydrogen-bond acceptors (Lipinski definition) is 4. The van der Waals surface area contributed by atoms with Gasteiger partial charge in [0, 0.05) is 29.5 Å². The lowest BCUT2D eigenvalue weighted by Gasteiger charge is -2.11. The highest BCUT2D eigenvalue weighted by molar-refractivity contribution is 6.04. The zero-order valence-corrected chi connectivity index (χ0v) is 16.4. The standard InChI is InChI=1S/C23H23FN2O3/c1-28-20-13-17(14-21(15-20)29-2)23(27)26-19-9-7-18(8-10-19)25-12-11-16-5-3-4-6-22(16)24/h3-10,13-15,25H,11-12H2,1-2H3,(H,26,27). The molecule has 2 N–H and O–H groups in total. The number of amides is 1. The van der Waals surface area contributed by atoms with Crippen molar-refractivity contribution in [3.05, 3.63) is 83.7 Å². The second-order valence-corrected chi connectivity index (χ2v) is 6.40. The molecule has 3 rings (SSSR count). The molecule has 0 radical (unpaired) electrons. The van der Waals surface area contributed by atoms with Gasteiger partial charge in [0.15, 0.2) is 0 Å². The van der Waals surface area contributed by atoms with Crippen LogP contribution in [0.1, 0.15) is 15.9 Å². The number of nitrogens with one attached hydrogen (secondary N) is 2. The molecule has 0 fully saturated rings. The van der Waals surface area contributed by atoms with E-state index in [1.807, 2.05) is 18.2 Å². The third-order valence-electron chi connectivity index (χ3n) is 4.44. The topological polar surface area (TPSA) is 59.6 Å². The van der Waals surface area contributed by atoms with Gasteiger partial charge in [-0.3, -0.25) is 4.79 Å². The fraction of sp³-hybridized carbons (Fsp3) is 0.174. The molecule has 5 nitrogen and oxygen atoms in total. The Balaban J connectivity index is 1.57. The highest BCUT2D eigenvalue weighted by atomic mass is 19.1. The van der Waals surface area contributed by atoms with Gasteiger partial charge in [-0.1, -0.05) is 18.2 Å². The Morgan fingerprint density at radius 2 is 1.52 bits per heavy atom. The number of rotatable bonds is 8. The number of carbonyl (C=O) groups is 1. The van der Waals surface area contributed by atoms with Crippen LogP contribution in [0, 0.1) is 5.82 Å². The first-order valence-electron chi connectivity index (χ1n) is 9.21. The number of hydrogen-bond donors (Lipinski definition) is 2. The molecule has 29 heavy (non-hydrogen) atoms. The molecular weight excluding hydrogens is 371 g/mol. The lowest BCUT2D eigenvalue weighted by Crippen LogP contribution is -2.12. The van der Waals surface area contributed by atoms with E-state index >= 15 is 0 Å². The van der Waals surface area contributed by atoms with Gasteiger partial charge >= 0.3 is 0 Å². The van der Waals surface area contributed by atoms with Crippen LogP contribution in [0.15, 0.2) is 66.7 Å². The van der Waals surface area contributed by atoms with E-state index in [4.69, 9.17) is 9.47 Å². The highest BCUT2D eigenvalue weighted by Crippen LogP contribution is 2.23. The number of anilines is 2. The van der Waals surface area contributed by atoms with Gasteiger partial charge < -0.3 is 20.1 Å². The van der Waals surface area contributed by atoms with Gasteiger partial charge in [-0.2, -0.15) is 0 Å². The summed E-state index contributed by atoms with van der Waals surface area (Å²) >= 11 is 0. The molecule has 0 spiro atoms. The molecule has 0 aliphatic carbocycles. The Hall–Kier alpha value is -3.54. The zero-order valence-electron chi connectivity index (χ0n) is 16.4. The van der Waals surface area contributed by atoms with Gasteiger partial charge in [-0.15, -0.1) is 0 Å². The summed E-state index contributed by atoms with van der Waals surface area (Å²) in [6.45, 7) is 0.607. The van der Waals surface area contributed by atoms with Gasteiger partial charge in [-0.25, -0.2) is 4.39 Å². The van der Waals surface area contributed by atoms with Crippen molar-refractivity contribution < 1.29 is 18.7 Å². The Morgan fingerprint density at radius 1 is 0.897 bits per heavy atom. The summed E-state index contributed by atoms with van der Waals surface area (Å²) in [6, 6.07) is 19.1. The number of ether oxygens (including phenoxy) is 2. The predicted molar refractivity (Wildman–Crippen MR) is 113 cm³/mol. The van der Waals surface area contributed by atoms with Crippen molar-refractivity contribution in [2.24, 2.45) is 0 Å². The van der Waals surface area contributed by atoms with Crippen LogP contribution >= 0.6 is 0 Å². The number of halogens is 1. The normalized spacial score (nSPS) is 10.3. The fourth-order valence-corrected chi connectivity index (χ4v) is 2.86. The lowest BCUT2D eigenvalue weighted by molar-refractivity contribution is 0.102. The monoisotopic (exact) mass is 394 g/mol. The first-order valence-corrected chi connectivity index (χ1v) is 9.21. The zero-order chi connectivity index (χ0) is 20.6. The van der Waals surface area contributed by atoms with Crippen LogP contribution in [-0.2, 0) is 6.42 Å². The summed E-state index contributed by atoms with van der Waals surface area (Å²) in [6.07, 6.45) is 0.586. The summed E-state index contributed by atoms with van der Waals surface area (Å²) in [7, 11) is 3.07. The van der Waals surface area contributed by atoms with Gasteiger partial charge in [-0.05, 0) is 54.4 Å². The van der Waals surface area contributed by atoms with Crippen LogP contribution in [0.3, 0.4) is 0 Å². The van der Waals surface area contributed by atoms with Crippen molar-refractivity contribution in [2.75, 3.05) is 31.4 Å². The van der Waals surface area contributed by atoms with Crippen LogP contribution in [0.25, 0.3) is 0 Å². The average Bonchev–Trinajstić information content (AvgIpc) is 2.75. The molecule has 6 heteroatoms. The maximum atomic E-state index is 13.6. The Labute approximate surface area is 169 Å². The average molecular weight is 394 g/mol. The molecule has 150 valence electrons. The number of methoxy groups -OCH3 is 2. The maximum absolute atomic E-state index is 13.6. The lowest BCUT2D eigenvalue weighted by atomic mass is 10.1. The van der Waals surface area contributed by atoms with Crippen LogP contribution < -0.4 is 20.1 Å². The molecule has 3 aromatic carbocycles. The molecule has 0 aliphatic rings. The molecular formula is C23H23FN2O3. The van der Waals surface area contributed by atoms with Crippen molar-refractivity contribution in [1.82, 2.24) is 0 Å². The van der Waals surface area contributed by atoms with Gasteiger partial charge in [0.1, 0.15) is 17.3 Å². The second kappa shape index (κ2) is 9.59. The van der Waals surface area contributed by atoms with E-state index < -0.39 is 0 Å². The molecule has 3 aromatic rings. The summed E-state index contributed by atoms with van der Waals surface area (Å²) in [5.74, 6) is 0.636. The van der Waals surface area contributed by atoms with E-state index in [1.165, 1.54) is 20.3 Å². The highest BCUT2D eigenvalue weighted by Gasteiger charge is 2.10. The summed E-state index contributed by atoms with van der Waals surface area (Å²) in [5.41, 5.74) is 2.67. The van der Waals surface area contributed by atoms with Crippen molar-refractivity contribution in [1.29, 1.82) is 0 Å².